The quantitative estimate of drug-likeness (QED) is 0.794. The zero-order valence-electron chi connectivity index (χ0n) is 14.1. The number of benzene rings is 2. The van der Waals surface area contributed by atoms with Crippen LogP contribution >= 0.6 is 0 Å². The summed E-state index contributed by atoms with van der Waals surface area (Å²) < 4.78 is 5.06. The zero-order valence-corrected chi connectivity index (χ0v) is 14.1. The van der Waals surface area contributed by atoms with Crippen LogP contribution in [0.2, 0.25) is 0 Å². The van der Waals surface area contributed by atoms with Crippen molar-refractivity contribution in [3.05, 3.63) is 71.3 Å². The van der Waals surface area contributed by atoms with Crippen molar-refractivity contribution in [3.8, 4) is 0 Å². The number of esters is 1. The van der Waals surface area contributed by atoms with E-state index in [1.807, 2.05) is 68.4 Å². The first-order valence-corrected chi connectivity index (χ1v) is 8.14. The summed E-state index contributed by atoms with van der Waals surface area (Å²) >= 11 is 0. The van der Waals surface area contributed by atoms with Gasteiger partial charge in [0.05, 0.1) is 12.5 Å². The number of hydrogen-bond donors (Lipinski definition) is 1. The Balaban J connectivity index is 1.81. The van der Waals surface area contributed by atoms with Crippen LogP contribution in [0.5, 0.6) is 0 Å². The van der Waals surface area contributed by atoms with Crippen LogP contribution in [0.3, 0.4) is 0 Å². The van der Waals surface area contributed by atoms with Gasteiger partial charge >= 0.3 is 5.97 Å². The molecule has 0 saturated heterocycles. The minimum absolute atomic E-state index is 0.0778. The van der Waals surface area contributed by atoms with E-state index in [1.165, 1.54) is 5.56 Å². The normalized spacial score (nSPS) is 11.6. The molecule has 0 aromatic heterocycles. The van der Waals surface area contributed by atoms with Crippen molar-refractivity contribution in [2.75, 3.05) is 6.61 Å². The number of carbonyl (C=O) groups excluding carboxylic acids is 2. The highest BCUT2D eigenvalue weighted by Crippen LogP contribution is 2.16. The second-order valence-corrected chi connectivity index (χ2v) is 5.76. The Bertz CT molecular complexity index is 665. The molecule has 0 radical (unpaired) electrons. The molecule has 0 bridgehead atoms. The van der Waals surface area contributed by atoms with Gasteiger partial charge in [0.2, 0.25) is 0 Å². The predicted octanol–water partition coefficient (Wildman–Crippen LogP) is 3.35. The molecule has 2 rings (SSSR count). The molecule has 0 saturated carbocycles. The van der Waals surface area contributed by atoms with E-state index in [9.17, 15) is 9.59 Å². The third-order valence-corrected chi connectivity index (χ3v) is 3.78. The van der Waals surface area contributed by atoms with E-state index < -0.39 is 5.97 Å². The van der Waals surface area contributed by atoms with Gasteiger partial charge in [-0.1, -0.05) is 67.1 Å². The zero-order chi connectivity index (χ0) is 17.4. The van der Waals surface area contributed by atoms with Crippen molar-refractivity contribution in [1.82, 2.24) is 5.32 Å². The Labute approximate surface area is 142 Å². The summed E-state index contributed by atoms with van der Waals surface area (Å²) in [5, 5.41) is 2.91. The highest BCUT2D eigenvalue weighted by Gasteiger charge is 2.14. The summed E-state index contributed by atoms with van der Waals surface area (Å²) in [7, 11) is 0. The minimum atomic E-state index is -0.403. The first-order chi connectivity index (χ1) is 11.6. The van der Waals surface area contributed by atoms with Gasteiger partial charge in [-0.05, 0) is 24.5 Å². The SMILES string of the molecule is CC[C@@H](NC(=O)COC(=O)Cc1ccccc1)c1ccc(C)cc1. The summed E-state index contributed by atoms with van der Waals surface area (Å²) in [4.78, 5) is 23.8. The topological polar surface area (TPSA) is 55.4 Å². The van der Waals surface area contributed by atoms with E-state index >= 15 is 0 Å². The molecule has 0 spiro atoms. The number of nitrogens with one attached hydrogen (secondary N) is 1. The average molecular weight is 325 g/mol. The number of aryl methyl sites for hydroxylation is 1. The second kappa shape index (κ2) is 8.87. The van der Waals surface area contributed by atoms with Crippen molar-refractivity contribution in [2.45, 2.75) is 32.7 Å². The number of rotatable bonds is 7. The molecule has 4 nitrogen and oxygen atoms in total. The highest BCUT2D eigenvalue weighted by atomic mass is 16.5. The van der Waals surface area contributed by atoms with E-state index in [0.29, 0.717) is 0 Å². The lowest BCUT2D eigenvalue weighted by atomic mass is 10.0. The van der Waals surface area contributed by atoms with Crippen molar-refractivity contribution in [1.29, 1.82) is 0 Å². The van der Waals surface area contributed by atoms with E-state index in [2.05, 4.69) is 5.32 Å². The van der Waals surface area contributed by atoms with Gasteiger partial charge in [-0.3, -0.25) is 9.59 Å². The Morgan fingerprint density at radius 2 is 1.71 bits per heavy atom. The molecule has 0 unspecified atom stereocenters. The summed E-state index contributed by atoms with van der Waals surface area (Å²) in [5.74, 6) is -0.691. The van der Waals surface area contributed by atoms with Crippen molar-refractivity contribution >= 4 is 11.9 Å². The van der Waals surface area contributed by atoms with E-state index in [4.69, 9.17) is 4.74 Å². The molecule has 1 amide bonds. The first kappa shape index (κ1) is 17.7. The fraction of sp³-hybridized carbons (Fsp3) is 0.300. The molecule has 0 aliphatic carbocycles. The van der Waals surface area contributed by atoms with Crippen LogP contribution < -0.4 is 5.32 Å². The van der Waals surface area contributed by atoms with Gasteiger partial charge in [-0.25, -0.2) is 0 Å². The number of hydrogen-bond acceptors (Lipinski definition) is 3. The molecule has 126 valence electrons. The molecular weight excluding hydrogens is 302 g/mol. The van der Waals surface area contributed by atoms with Crippen LogP contribution in [-0.4, -0.2) is 18.5 Å². The van der Waals surface area contributed by atoms with Gasteiger partial charge in [0.15, 0.2) is 6.61 Å². The molecule has 1 N–H and O–H groups in total. The average Bonchev–Trinajstić information content (AvgIpc) is 2.59. The monoisotopic (exact) mass is 325 g/mol. The van der Waals surface area contributed by atoms with Gasteiger partial charge in [-0.15, -0.1) is 0 Å². The highest BCUT2D eigenvalue weighted by molar-refractivity contribution is 5.81. The molecule has 2 aromatic rings. The number of amides is 1. The van der Waals surface area contributed by atoms with E-state index in [1.54, 1.807) is 0 Å². The number of ether oxygens (including phenoxy) is 1. The van der Waals surface area contributed by atoms with Gasteiger partial charge in [0.25, 0.3) is 5.91 Å². The molecule has 1 atom stereocenters. The van der Waals surface area contributed by atoms with Crippen LogP contribution in [-0.2, 0) is 20.7 Å². The van der Waals surface area contributed by atoms with Crippen molar-refractivity contribution < 1.29 is 14.3 Å². The third-order valence-electron chi connectivity index (χ3n) is 3.78. The number of carbonyl (C=O) groups is 2. The minimum Gasteiger partial charge on any atom is -0.455 e. The van der Waals surface area contributed by atoms with Crippen LogP contribution in [0.4, 0.5) is 0 Å². The van der Waals surface area contributed by atoms with Crippen LogP contribution in [0.1, 0.15) is 36.1 Å². The maximum Gasteiger partial charge on any atom is 0.310 e. The van der Waals surface area contributed by atoms with Crippen molar-refractivity contribution in [3.63, 3.8) is 0 Å². The fourth-order valence-corrected chi connectivity index (χ4v) is 2.42. The summed E-state index contributed by atoms with van der Waals surface area (Å²) in [6.07, 6.45) is 0.941. The summed E-state index contributed by atoms with van der Waals surface area (Å²) in [5.41, 5.74) is 3.09. The molecule has 0 aliphatic rings. The maximum atomic E-state index is 12.0. The molecule has 24 heavy (non-hydrogen) atoms. The smallest absolute Gasteiger partial charge is 0.310 e. The summed E-state index contributed by atoms with van der Waals surface area (Å²) in [6.45, 7) is 3.77. The Morgan fingerprint density at radius 1 is 1.04 bits per heavy atom. The fourth-order valence-electron chi connectivity index (χ4n) is 2.42. The molecule has 0 aliphatic heterocycles. The van der Waals surface area contributed by atoms with Crippen LogP contribution in [0.25, 0.3) is 0 Å². The molecular formula is C20H23NO3. The molecule has 0 fully saturated rings. The molecule has 0 heterocycles. The van der Waals surface area contributed by atoms with E-state index in [-0.39, 0.29) is 25.0 Å². The Morgan fingerprint density at radius 3 is 2.33 bits per heavy atom. The third kappa shape index (κ3) is 5.54. The molecule has 4 heteroatoms. The molecule has 2 aromatic carbocycles. The Kier molecular flexibility index (Phi) is 6.55. The predicted molar refractivity (Wildman–Crippen MR) is 93.5 cm³/mol. The maximum absolute atomic E-state index is 12.0. The van der Waals surface area contributed by atoms with Gasteiger partial charge in [0.1, 0.15) is 0 Å². The standard InChI is InChI=1S/C20H23NO3/c1-3-18(17-11-9-15(2)10-12-17)21-19(22)14-24-20(23)13-16-7-5-4-6-8-16/h4-12,18H,3,13-14H2,1-2H3,(H,21,22)/t18-/m1/s1. The van der Waals surface area contributed by atoms with E-state index in [0.717, 1.165) is 17.5 Å². The van der Waals surface area contributed by atoms with Gasteiger partial charge in [-0.2, -0.15) is 0 Å². The van der Waals surface area contributed by atoms with Crippen LogP contribution in [0, 0.1) is 6.92 Å². The second-order valence-electron chi connectivity index (χ2n) is 5.76. The summed E-state index contributed by atoms with van der Waals surface area (Å²) in [6, 6.07) is 17.3. The van der Waals surface area contributed by atoms with Gasteiger partial charge < -0.3 is 10.1 Å². The first-order valence-electron chi connectivity index (χ1n) is 8.14. The lowest BCUT2D eigenvalue weighted by Crippen LogP contribution is -2.32. The van der Waals surface area contributed by atoms with Gasteiger partial charge in [0, 0.05) is 0 Å². The Hall–Kier alpha value is -2.62. The van der Waals surface area contributed by atoms with Crippen molar-refractivity contribution in [2.24, 2.45) is 0 Å². The van der Waals surface area contributed by atoms with Crippen LogP contribution in [0.15, 0.2) is 54.6 Å². The lowest BCUT2D eigenvalue weighted by molar-refractivity contribution is -0.148. The lowest BCUT2D eigenvalue weighted by Gasteiger charge is -2.17. The largest absolute Gasteiger partial charge is 0.455 e.